The van der Waals surface area contributed by atoms with Crippen LogP contribution in [0.1, 0.15) is 81.2 Å². The SMILES string of the molecule is CC(=O)N1CCc2c(nc(C)n2C2C[C@H]3CC[C@@H](C2)N3C[C@H]2CN(C(=O)C(C)C)C[C@@H]2c2ccccc2)C1. The quantitative estimate of drug-likeness (QED) is 0.598. The van der Waals surface area contributed by atoms with Gasteiger partial charge in [-0.3, -0.25) is 14.5 Å². The standard InChI is InChI=1S/C31H43N5O2/c1-20(2)31(38)34-16-24(28(18-34)23-8-6-5-7-9-23)17-35-25-10-11-26(35)15-27(14-25)36-21(3)32-29-19-33(22(4)37)13-12-30(29)36/h5-9,20,24-28H,10-19H2,1-4H3/t24-,25-,26+,27?,28-/m1/s1. The summed E-state index contributed by atoms with van der Waals surface area (Å²) in [7, 11) is 0. The highest BCUT2D eigenvalue weighted by Gasteiger charge is 2.46. The smallest absolute Gasteiger partial charge is 0.225 e. The van der Waals surface area contributed by atoms with Crippen LogP contribution in [0.2, 0.25) is 0 Å². The van der Waals surface area contributed by atoms with Gasteiger partial charge >= 0.3 is 0 Å². The minimum atomic E-state index is 0.0453. The largest absolute Gasteiger partial charge is 0.342 e. The molecule has 2 amide bonds. The molecule has 2 aromatic rings. The Kier molecular flexibility index (Phi) is 6.83. The molecule has 0 spiro atoms. The van der Waals surface area contributed by atoms with Gasteiger partial charge in [0.1, 0.15) is 5.82 Å². The average molecular weight is 518 g/mol. The maximum Gasteiger partial charge on any atom is 0.225 e. The lowest BCUT2D eigenvalue weighted by molar-refractivity contribution is -0.133. The molecular formula is C31H43N5O2. The molecule has 5 heterocycles. The Morgan fingerprint density at radius 2 is 1.71 bits per heavy atom. The fraction of sp³-hybridized carbons (Fsp3) is 0.645. The summed E-state index contributed by atoms with van der Waals surface area (Å²) in [4.78, 5) is 36.7. The van der Waals surface area contributed by atoms with Gasteiger partial charge in [-0.2, -0.15) is 0 Å². The van der Waals surface area contributed by atoms with Crippen LogP contribution in [0.5, 0.6) is 0 Å². The monoisotopic (exact) mass is 517 g/mol. The number of likely N-dealkylation sites (tertiary alicyclic amines) is 1. The van der Waals surface area contributed by atoms with Gasteiger partial charge in [-0.05, 0) is 44.1 Å². The number of aromatic nitrogens is 2. The molecule has 6 rings (SSSR count). The van der Waals surface area contributed by atoms with Crippen molar-refractivity contribution >= 4 is 11.8 Å². The Morgan fingerprint density at radius 3 is 2.37 bits per heavy atom. The molecule has 4 aliphatic heterocycles. The van der Waals surface area contributed by atoms with Crippen molar-refractivity contribution in [2.24, 2.45) is 11.8 Å². The Balaban J connectivity index is 1.19. The van der Waals surface area contributed by atoms with Crippen LogP contribution in [0, 0.1) is 18.8 Å². The molecule has 1 unspecified atom stereocenters. The van der Waals surface area contributed by atoms with Crippen LogP contribution in [0.3, 0.4) is 0 Å². The number of piperidine rings is 1. The Hall–Kier alpha value is -2.67. The highest BCUT2D eigenvalue weighted by Crippen LogP contribution is 2.44. The molecule has 0 aliphatic carbocycles. The zero-order valence-electron chi connectivity index (χ0n) is 23.5. The van der Waals surface area contributed by atoms with Crippen molar-refractivity contribution in [3.8, 4) is 0 Å². The molecule has 7 nitrogen and oxygen atoms in total. The fourth-order valence-electron chi connectivity index (χ4n) is 8.00. The molecule has 1 aromatic heterocycles. The first kappa shape index (κ1) is 25.6. The summed E-state index contributed by atoms with van der Waals surface area (Å²) in [6.45, 7) is 12.1. The second-order valence-corrected chi connectivity index (χ2v) is 12.5. The molecule has 0 saturated carbocycles. The number of aryl methyl sites for hydroxylation is 1. The molecule has 0 radical (unpaired) electrons. The lowest BCUT2D eigenvalue weighted by Crippen LogP contribution is -2.47. The Bertz CT molecular complexity index is 1180. The molecule has 7 heteroatoms. The summed E-state index contributed by atoms with van der Waals surface area (Å²) in [5.74, 6) is 2.47. The van der Waals surface area contributed by atoms with Gasteiger partial charge in [0.15, 0.2) is 0 Å². The van der Waals surface area contributed by atoms with E-state index in [0.29, 0.717) is 42.4 Å². The maximum atomic E-state index is 13.0. The van der Waals surface area contributed by atoms with E-state index < -0.39 is 0 Å². The number of imidazole rings is 1. The lowest BCUT2D eigenvalue weighted by atomic mass is 9.87. The summed E-state index contributed by atoms with van der Waals surface area (Å²) in [6, 6.07) is 12.6. The minimum Gasteiger partial charge on any atom is -0.342 e. The summed E-state index contributed by atoms with van der Waals surface area (Å²) >= 11 is 0. The molecular weight excluding hydrogens is 474 g/mol. The van der Waals surface area contributed by atoms with E-state index in [2.05, 4.69) is 51.6 Å². The molecule has 38 heavy (non-hydrogen) atoms. The van der Waals surface area contributed by atoms with E-state index in [-0.39, 0.29) is 11.8 Å². The van der Waals surface area contributed by atoms with Crippen LogP contribution in [0.25, 0.3) is 0 Å². The van der Waals surface area contributed by atoms with E-state index in [4.69, 9.17) is 4.98 Å². The molecule has 1 aromatic carbocycles. The number of carbonyl (C=O) groups is 2. The predicted octanol–water partition coefficient (Wildman–Crippen LogP) is 4.16. The van der Waals surface area contributed by atoms with Crippen LogP contribution >= 0.6 is 0 Å². The fourth-order valence-corrected chi connectivity index (χ4v) is 8.00. The first-order chi connectivity index (χ1) is 18.3. The summed E-state index contributed by atoms with van der Waals surface area (Å²) in [5, 5.41) is 0. The van der Waals surface area contributed by atoms with Gasteiger partial charge in [0, 0.05) is 75.2 Å². The van der Waals surface area contributed by atoms with E-state index in [1.54, 1.807) is 6.92 Å². The zero-order valence-corrected chi connectivity index (χ0v) is 23.5. The van der Waals surface area contributed by atoms with E-state index in [1.807, 2.05) is 18.7 Å². The van der Waals surface area contributed by atoms with Crippen molar-refractivity contribution in [3.05, 3.63) is 53.1 Å². The van der Waals surface area contributed by atoms with E-state index in [0.717, 1.165) is 44.1 Å². The second-order valence-electron chi connectivity index (χ2n) is 12.5. The molecule has 3 saturated heterocycles. The summed E-state index contributed by atoms with van der Waals surface area (Å²) < 4.78 is 2.54. The number of rotatable bonds is 5. The van der Waals surface area contributed by atoms with E-state index in [1.165, 1.54) is 36.9 Å². The molecule has 204 valence electrons. The van der Waals surface area contributed by atoms with Crippen molar-refractivity contribution < 1.29 is 9.59 Å². The van der Waals surface area contributed by atoms with Gasteiger partial charge in [-0.1, -0.05) is 44.2 Å². The van der Waals surface area contributed by atoms with Gasteiger partial charge in [0.2, 0.25) is 11.8 Å². The predicted molar refractivity (Wildman–Crippen MR) is 148 cm³/mol. The Labute approximate surface area is 227 Å². The van der Waals surface area contributed by atoms with Crippen LogP contribution in [-0.4, -0.2) is 74.3 Å². The first-order valence-electron chi connectivity index (χ1n) is 14.7. The van der Waals surface area contributed by atoms with Gasteiger partial charge in [-0.25, -0.2) is 4.98 Å². The van der Waals surface area contributed by atoms with Crippen LogP contribution in [0.4, 0.5) is 0 Å². The number of benzene rings is 1. The third-order valence-corrected chi connectivity index (χ3v) is 9.82. The van der Waals surface area contributed by atoms with Gasteiger partial charge in [0.05, 0.1) is 12.2 Å². The number of hydrogen-bond donors (Lipinski definition) is 0. The number of hydrogen-bond acceptors (Lipinski definition) is 4. The summed E-state index contributed by atoms with van der Waals surface area (Å²) in [6.07, 6.45) is 5.80. The number of fused-ring (bicyclic) bond motifs is 3. The van der Waals surface area contributed by atoms with Gasteiger partial charge in [0.25, 0.3) is 0 Å². The molecule has 2 bridgehead atoms. The number of carbonyl (C=O) groups excluding carboxylic acids is 2. The van der Waals surface area contributed by atoms with Crippen molar-refractivity contribution in [1.29, 1.82) is 0 Å². The molecule has 0 N–H and O–H groups in total. The van der Waals surface area contributed by atoms with Crippen molar-refractivity contribution in [3.63, 3.8) is 0 Å². The number of nitrogens with zero attached hydrogens (tertiary/aromatic N) is 5. The number of amides is 2. The normalized spacial score (nSPS) is 29.2. The summed E-state index contributed by atoms with van der Waals surface area (Å²) in [5.41, 5.74) is 3.84. The minimum absolute atomic E-state index is 0.0453. The first-order valence-corrected chi connectivity index (χ1v) is 14.7. The van der Waals surface area contributed by atoms with Crippen molar-refractivity contribution in [2.75, 3.05) is 26.2 Å². The molecule has 3 fully saturated rings. The van der Waals surface area contributed by atoms with E-state index >= 15 is 0 Å². The van der Waals surface area contributed by atoms with Crippen molar-refractivity contribution in [1.82, 2.24) is 24.3 Å². The van der Waals surface area contributed by atoms with Crippen LogP contribution in [-0.2, 0) is 22.6 Å². The highest BCUT2D eigenvalue weighted by molar-refractivity contribution is 5.78. The Morgan fingerprint density at radius 1 is 1.00 bits per heavy atom. The van der Waals surface area contributed by atoms with Gasteiger partial charge in [-0.15, -0.1) is 0 Å². The lowest BCUT2D eigenvalue weighted by Gasteiger charge is -2.42. The topological polar surface area (TPSA) is 61.7 Å². The maximum absolute atomic E-state index is 13.0. The zero-order chi connectivity index (χ0) is 26.6. The van der Waals surface area contributed by atoms with Crippen LogP contribution in [0.15, 0.2) is 30.3 Å². The highest BCUT2D eigenvalue weighted by atomic mass is 16.2. The van der Waals surface area contributed by atoms with Gasteiger partial charge < -0.3 is 14.4 Å². The molecule has 4 aliphatic rings. The van der Waals surface area contributed by atoms with Crippen molar-refractivity contribution in [2.45, 2.75) is 90.4 Å². The average Bonchev–Trinajstić information content (AvgIpc) is 3.54. The molecule has 5 atom stereocenters. The second kappa shape index (κ2) is 10.1. The van der Waals surface area contributed by atoms with E-state index in [9.17, 15) is 9.59 Å². The van der Waals surface area contributed by atoms with Crippen LogP contribution < -0.4 is 0 Å². The third kappa shape index (κ3) is 4.57. The third-order valence-electron chi connectivity index (χ3n) is 9.82.